The maximum absolute atomic E-state index is 13.8. The number of nitro groups is 1. The molecule has 2 aliphatic heterocycles. The highest BCUT2D eigenvalue weighted by Crippen LogP contribution is 2.57. The lowest BCUT2D eigenvalue weighted by Gasteiger charge is -2.27. The second-order valence-corrected chi connectivity index (χ2v) is 9.74. The van der Waals surface area contributed by atoms with Gasteiger partial charge in [0.05, 0.1) is 28.6 Å². The van der Waals surface area contributed by atoms with Crippen molar-refractivity contribution in [3.05, 3.63) is 104 Å². The van der Waals surface area contributed by atoms with Gasteiger partial charge in [-0.3, -0.25) is 29.3 Å². The van der Waals surface area contributed by atoms with Crippen LogP contribution in [0.2, 0.25) is 0 Å². The first-order chi connectivity index (χ1) is 17.3. The van der Waals surface area contributed by atoms with Gasteiger partial charge in [-0.05, 0) is 29.8 Å². The minimum absolute atomic E-state index is 0.114. The van der Waals surface area contributed by atoms with Crippen molar-refractivity contribution in [2.75, 3.05) is 4.90 Å². The summed E-state index contributed by atoms with van der Waals surface area (Å²) in [6.45, 7) is 0. The fourth-order valence-corrected chi connectivity index (χ4v) is 5.90. The van der Waals surface area contributed by atoms with Gasteiger partial charge < -0.3 is 4.74 Å². The molecule has 0 bridgehead atoms. The Morgan fingerprint density at radius 3 is 2.08 bits per heavy atom. The molecule has 2 fully saturated rings. The van der Waals surface area contributed by atoms with Crippen LogP contribution in [0.5, 0.6) is 0 Å². The lowest BCUT2D eigenvalue weighted by molar-refractivity contribution is -0.384. The molecular formula is C26H15BrN2O7. The smallest absolute Gasteiger partial charge is 0.269 e. The van der Waals surface area contributed by atoms with E-state index in [-0.39, 0.29) is 22.5 Å². The van der Waals surface area contributed by atoms with Gasteiger partial charge in [-0.2, -0.15) is 0 Å². The molecule has 178 valence electrons. The van der Waals surface area contributed by atoms with Crippen LogP contribution in [0.3, 0.4) is 0 Å². The van der Waals surface area contributed by atoms with Crippen molar-refractivity contribution >= 4 is 50.7 Å². The minimum atomic E-state index is -2.18. The molecule has 10 heteroatoms. The number of non-ortho nitro benzene ring substituents is 1. The van der Waals surface area contributed by atoms with Crippen LogP contribution >= 0.6 is 15.9 Å². The van der Waals surface area contributed by atoms with Crippen LogP contribution in [0.15, 0.2) is 77.3 Å². The first-order valence-electron chi connectivity index (χ1n) is 11.0. The Labute approximate surface area is 211 Å². The summed E-state index contributed by atoms with van der Waals surface area (Å²) in [5.74, 6) is -5.24. The Kier molecular flexibility index (Phi) is 4.83. The lowest BCUT2D eigenvalue weighted by Crippen LogP contribution is -2.51. The normalized spacial score (nSPS) is 23.9. The van der Waals surface area contributed by atoms with E-state index in [1.807, 2.05) is 0 Å². The number of hydrogen-bond acceptors (Lipinski definition) is 7. The number of anilines is 1. The van der Waals surface area contributed by atoms with Gasteiger partial charge >= 0.3 is 0 Å². The lowest BCUT2D eigenvalue weighted by atomic mass is 9.77. The molecule has 0 N–H and O–H groups in total. The number of amides is 2. The van der Waals surface area contributed by atoms with Crippen LogP contribution in [-0.2, 0) is 14.3 Å². The van der Waals surface area contributed by atoms with Crippen LogP contribution in [0.25, 0.3) is 0 Å². The number of carbonyl (C=O) groups is 4. The van der Waals surface area contributed by atoms with E-state index in [1.165, 1.54) is 36.4 Å². The molecule has 1 spiro atoms. The van der Waals surface area contributed by atoms with E-state index in [0.29, 0.717) is 10.0 Å². The maximum Gasteiger partial charge on any atom is 0.269 e. The van der Waals surface area contributed by atoms with Crippen LogP contribution in [-0.4, -0.2) is 33.9 Å². The van der Waals surface area contributed by atoms with E-state index in [1.54, 1.807) is 36.4 Å². The number of rotatable bonds is 3. The standard InChI is InChI=1S/C26H15BrN2O7/c27-14-5-3-4-13(12-14)21-19-20(26(36-21)22(30)17-6-1-2-7-18(17)23(26)31)25(33)28(24(19)32)15-8-10-16(11-9-15)29(34)35/h1-12,19-21H/t19-,20+,21+/m1/s1. The number of carbonyl (C=O) groups excluding carboxylic acids is 4. The van der Waals surface area contributed by atoms with Crippen molar-refractivity contribution in [3.63, 3.8) is 0 Å². The van der Waals surface area contributed by atoms with Gasteiger partial charge in [0.2, 0.25) is 29.0 Å². The number of fused-ring (bicyclic) bond motifs is 3. The van der Waals surface area contributed by atoms with Crippen molar-refractivity contribution in [1.29, 1.82) is 0 Å². The summed E-state index contributed by atoms with van der Waals surface area (Å²) in [5, 5.41) is 11.1. The highest BCUT2D eigenvalue weighted by Gasteiger charge is 2.74. The Hall–Kier alpha value is -4.02. The molecule has 0 unspecified atom stereocenters. The SMILES string of the molecule is O=C1[C@@H]2[C@@H](C(=O)N1c1ccc([N+](=O)[O-])cc1)C1(O[C@H]2c2cccc(Br)c2)C(=O)c2ccccc2C1=O. The maximum atomic E-state index is 13.8. The Morgan fingerprint density at radius 2 is 1.50 bits per heavy atom. The molecule has 2 saturated heterocycles. The van der Waals surface area contributed by atoms with E-state index in [0.717, 1.165) is 4.90 Å². The molecule has 2 heterocycles. The predicted octanol–water partition coefficient (Wildman–Crippen LogP) is 4.05. The second-order valence-electron chi connectivity index (χ2n) is 8.82. The molecule has 0 aromatic heterocycles. The number of halogens is 1. The summed E-state index contributed by atoms with van der Waals surface area (Å²) >= 11 is 3.39. The van der Waals surface area contributed by atoms with E-state index in [4.69, 9.17) is 4.74 Å². The third-order valence-corrected chi connectivity index (χ3v) is 7.51. The average Bonchev–Trinajstić information content (AvgIpc) is 3.44. The molecule has 36 heavy (non-hydrogen) atoms. The van der Waals surface area contributed by atoms with Crippen LogP contribution < -0.4 is 4.90 Å². The molecule has 0 radical (unpaired) electrons. The third-order valence-electron chi connectivity index (χ3n) is 7.01. The number of nitro benzene ring substituents is 1. The summed E-state index contributed by atoms with van der Waals surface area (Å²) in [6.07, 6.45) is -1.05. The predicted molar refractivity (Wildman–Crippen MR) is 128 cm³/mol. The van der Waals surface area contributed by atoms with E-state index >= 15 is 0 Å². The van der Waals surface area contributed by atoms with Gasteiger partial charge in [0.1, 0.15) is 0 Å². The number of nitrogens with zero attached hydrogens (tertiary/aromatic N) is 2. The molecule has 9 nitrogen and oxygen atoms in total. The van der Waals surface area contributed by atoms with Crippen LogP contribution in [0, 0.1) is 22.0 Å². The van der Waals surface area contributed by atoms with Crippen LogP contribution in [0.4, 0.5) is 11.4 Å². The van der Waals surface area contributed by atoms with Crippen LogP contribution in [0.1, 0.15) is 32.4 Å². The van der Waals surface area contributed by atoms with Gasteiger partial charge in [-0.25, -0.2) is 4.90 Å². The highest BCUT2D eigenvalue weighted by atomic mass is 79.9. The zero-order valence-corrected chi connectivity index (χ0v) is 19.9. The average molecular weight is 547 g/mol. The molecule has 3 aromatic rings. The fraction of sp³-hybridized carbons (Fsp3) is 0.154. The number of imide groups is 1. The molecular weight excluding hydrogens is 532 g/mol. The Bertz CT molecular complexity index is 1480. The summed E-state index contributed by atoms with van der Waals surface area (Å²) in [6, 6.07) is 18.1. The zero-order valence-electron chi connectivity index (χ0n) is 18.3. The summed E-state index contributed by atoms with van der Waals surface area (Å²) < 4.78 is 6.92. The molecule has 1 aliphatic carbocycles. The van der Waals surface area contributed by atoms with Crippen molar-refractivity contribution < 1.29 is 28.8 Å². The van der Waals surface area contributed by atoms with Crippen molar-refractivity contribution in [3.8, 4) is 0 Å². The van der Waals surface area contributed by atoms with Gasteiger partial charge in [0.15, 0.2) is 0 Å². The zero-order chi connectivity index (χ0) is 25.4. The van der Waals surface area contributed by atoms with Crippen molar-refractivity contribution in [2.24, 2.45) is 11.8 Å². The molecule has 3 atom stereocenters. The first kappa shape index (κ1) is 22.4. The number of benzene rings is 3. The van der Waals surface area contributed by atoms with Crippen molar-refractivity contribution in [1.82, 2.24) is 0 Å². The summed E-state index contributed by atoms with van der Waals surface area (Å²) in [4.78, 5) is 66.4. The Balaban J connectivity index is 1.52. The molecule has 6 rings (SSSR count). The fourth-order valence-electron chi connectivity index (χ4n) is 5.48. The largest absolute Gasteiger partial charge is 0.349 e. The number of ether oxygens (including phenoxy) is 1. The highest BCUT2D eigenvalue weighted by molar-refractivity contribution is 9.10. The summed E-state index contributed by atoms with van der Waals surface area (Å²) in [5.41, 5.74) is -1.45. The minimum Gasteiger partial charge on any atom is -0.349 e. The molecule has 2 amide bonds. The number of Topliss-reactive ketones (excluding diaryl/α,β-unsaturated/α-hetero) is 2. The molecule has 0 saturated carbocycles. The topological polar surface area (TPSA) is 124 Å². The first-order valence-corrected chi connectivity index (χ1v) is 11.8. The Morgan fingerprint density at radius 1 is 0.861 bits per heavy atom. The molecule has 3 aliphatic rings. The van der Waals surface area contributed by atoms with Gasteiger partial charge in [-0.1, -0.05) is 52.3 Å². The van der Waals surface area contributed by atoms with Gasteiger partial charge in [0, 0.05) is 27.7 Å². The summed E-state index contributed by atoms with van der Waals surface area (Å²) in [7, 11) is 0. The third kappa shape index (κ3) is 2.85. The van der Waals surface area contributed by atoms with E-state index in [9.17, 15) is 29.3 Å². The van der Waals surface area contributed by atoms with E-state index < -0.39 is 51.8 Å². The monoisotopic (exact) mass is 546 g/mol. The van der Waals surface area contributed by atoms with E-state index in [2.05, 4.69) is 15.9 Å². The van der Waals surface area contributed by atoms with Gasteiger partial charge in [0.25, 0.3) is 5.69 Å². The quantitative estimate of drug-likeness (QED) is 0.210. The number of hydrogen-bond donors (Lipinski definition) is 0. The van der Waals surface area contributed by atoms with Crippen molar-refractivity contribution in [2.45, 2.75) is 11.7 Å². The number of ketones is 2. The second kappa shape index (κ2) is 7.74. The van der Waals surface area contributed by atoms with Gasteiger partial charge in [-0.15, -0.1) is 0 Å². The molecule has 3 aromatic carbocycles.